The van der Waals surface area contributed by atoms with Gasteiger partial charge in [0, 0.05) is 13.7 Å². The third kappa shape index (κ3) is 3.57. The standard InChI is InChI=1S/C11H21N3O2/c1-4-7-14-10(8-12-13-14)11(15)6-5-9(2)16-3/h8-9,11,15H,4-7H2,1-3H3. The number of aryl methyl sites for hydroxylation is 1. The third-order valence-electron chi connectivity index (χ3n) is 2.67. The Morgan fingerprint density at radius 1 is 1.50 bits per heavy atom. The quantitative estimate of drug-likeness (QED) is 0.767. The summed E-state index contributed by atoms with van der Waals surface area (Å²) in [5.74, 6) is 0. The topological polar surface area (TPSA) is 60.2 Å². The summed E-state index contributed by atoms with van der Waals surface area (Å²) in [6, 6.07) is 0. The smallest absolute Gasteiger partial charge is 0.0974 e. The van der Waals surface area contributed by atoms with Gasteiger partial charge in [-0.25, -0.2) is 4.68 Å². The summed E-state index contributed by atoms with van der Waals surface area (Å²) in [5, 5.41) is 17.8. The molecule has 0 aliphatic heterocycles. The molecule has 0 spiro atoms. The molecule has 5 nitrogen and oxygen atoms in total. The van der Waals surface area contributed by atoms with Crippen LogP contribution in [0.4, 0.5) is 0 Å². The molecule has 16 heavy (non-hydrogen) atoms. The van der Waals surface area contributed by atoms with Crippen LogP contribution in [0.1, 0.15) is 44.9 Å². The summed E-state index contributed by atoms with van der Waals surface area (Å²) >= 11 is 0. The summed E-state index contributed by atoms with van der Waals surface area (Å²) in [6.45, 7) is 4.87. The van der Waals surface area contributed by atoms with Gasteiger partial charge in [0.1, 0.15) is 0 Å². The summed E-state index contributed by atoms with van der Waals surface area (Å²) < 4.78 is 6.91. The molecule has 1 aromatic rings. The van der Waals surface area contributed by atoms with Crippen molar-refractivity contribution in [1.82, 2.24) is 15.0 Å². The molecule has 0 saturated carbocycles. The van der Waals surface area contributed by atoms with Crippen molar-refractivity contribution in [2.75, 3.05) is 7.11 Å². The molecule has 2 atom stereocenters. The fraction of sp³-hybridized carbons (Fsp3) is 0.818. The van der Waals surface area contributed by atoms with Crippen molar-refractivity contribution >= 4 is 0 Å². The van der Waals surface area contributed by atoms with Crippen molar-refractivity contribution in [3.8, 4) is 0 Å². The molecule has 1 aromatic heterocycles. The van der Waals surface area contributed by atoms with Gasteiger partial charge in [-0.05, 0) is 26.2 Å². The fourth-order valence-electron chi connectivity index (χ4n) is 1.57. The van der Waals surface area contributed by atoms with Crippen molar-refractivity contribution in [3.63, 3.8) is 0 Å². The molecule has 0 amide bonds. The lowest BCUT2D eigenvalue weighted by Crippen LogP contribution is -2.12. The van der Waals surface area contributed by atoms with Crippen LogP contribution in [0.15, 0.2) is 6.20 Å². The predicted octanol–water partition coefficient (Wildman–Crippen LogP) is 1.54. The SMILES string of the molecule is CCCn1nncc1C(O)CCC(C)OC. The van der Waals surface area contributed by atoms with Crippen molar-refractivity contribution in [2.24, 2.45) is 0 Å². The Balaban J connectivity index is 2.51. The molecule has 92 valence electrons. The normalized spacial score (nSPS) is 15.0. The minimum absolute atomic E-state index is 0.171. The number of hydrogen-bond acceptors (Lipinski definition) is 4. The summed E-state index contributed by atoms with van der Waals surface area (Å²) in [6.07, 6.45) is 3.79. The van der Waals surface area contributed by atoms with E-state index in [9.17, 15) is 5.11 Å². The number of aliphatic hydroxyl groups is 1. The third-order valence-corrected chi connectivity index (χ3v) is 2.67. The minimum atomic E-state index is -0.501. The minimum Gasteiger partial charge on any atom is -0.387 e. The highest BCUT2D eigenvalue weighted by atomic mass is 16.5. The predicted molar refractivity (Wildman–Crippen MR) is 61.0 cm³/mol. The number of rotatable bonds is 7. The van der Waals surface area contributed by atoms with Gasteiger partial charge in [-0.2, -0.15) is 0 Å². The Kier molecular flexibility index (Phi) is 5.42. The van der Waals surface area contributed by atoms with Gasteiger partial charge in [0.15, 0.2) is 0 Å². The number of hydrogen-bond donors (Lipinski definition) is 1. The van der Waals surface area contributed by atoms with E-state index in [0.717, 1.165) is 25.1 Å². The Morgan fingerprint density at radius 3 is 2.88 bits per heavy atom. The first-order valence-electron chi connectivity index (χ1n) is 5.78. The Bertz CT molecular complexity index is 301. The van der Waals surface area contributed by atoms with Crippen molar-refractivity contribution < 1.29 is 9.84 Å². The van der Waals surface area contributed by atoms with E-state index in [-0.39, 0.29) is 6.10 Å². The van der Waals surface area contributed by atoms with Crippen LogP contribution in [0, 0.1) is 0 Å². The zero-order chi connectivity index (χ0) is 12.0. The highest BCUT2D eigenvalue weighted by Gasteiger charge is 2.14. The van der Waals surface area contributed by atoms with Crippen LogP contribution in [-0.2, 0) is 11.3 Å². The van der Waals surface area contributed by atoms with Crippen LogP contribution in [0.5, 0.6) is 0 Å². The highest BCUT2D eigenvalue weighted by Crippen LogP contribution is 2.18. The molecule has 0 aliphatic carbocycles. The van der Waals surface area contributed by atoms with E-state index in [1.54, 1.807) is 18.0 Å². The Labute approximate surface area is 96.4 Å². The molecule has 1 N–H and O–H groups in total. The Hall–Kier alpha value is -0.940. The molecular formula is C11H21N3O2. The molecule has 0 fully saturated rings. The zero-order valence-electron chi connectivity index (χ0n) is 10.3. The molecule has 5 heteroatoms. The number of aliphatic hydroxyl groups excluding tert-OH is 1. The van der Waals surface area contributed by atoms with E-state index in [1.807, 2.05) is 6.92 Å². The fourth-order valence-corrected chi connectivity index (χ4v) is 1.57. The maximum Gasteiger partial charge on any atom is 0.0974 e. The van der Waals surface area contributed by atoms with E-state index in [4.69, 9.17) is 4.74 Å². The van der Waals surface area contributed by atoms with Crippen molar-refractivity contribution in [3.05, 3.63) is 11.9 Å². The highest BCUT2D eigenvalue weighted by molar-refractivity contribution is 4.98. The van der Waals surface area contributed by atoms with Gasteiger partial charge < -0.3 is 9.84 Å². The first-order chi connectivity index (χ1) is 7.69. The van der Waals surface area contributed by atoms with E-state index in [1.165, 1.54) is 0 Å². The number of nitrogens with zero attached hydrogens (tertiary/aromatic N) is 3. The summed E-state index contributed by atoms with van der Waals surface area (Å²) in [7, 11) is 1.68. The van der Waals surface area contributed by atoms with Gasteiger partial charge >= 0.3 is 0 Å². The zero-order valence-corrected chi connectivity index (χ0v) is 10.3. The maximum atomic E-state index is 10.0. The second-order valence-electron chi connectivity index (χ2n) is 4.02. The molecule has 2 unspecified atom stereocenters. The van der Waals surface area contributed by atoms with Gasteiger partial charge in [0.05, 0.1) is 24.1 Å². The van der Waals surface area contributed by atoms with E-state index < -0.39 is 6.10 Å². The molecule has 0 aliphatic rings. The second kappa shape index (κ2) is 6.60. The molecule has 0 bridgehead atoms. The molecule has 1 heterocycles. The average molecular weight is 227 g/mol. The molecular weight excluding hydrogens is 206 g/mol. The van der Waals surface area contributed by atoms with E-state index >= 15 is 0 Å². The maximum absolute atomic E-state index is 10.0. The van der Waals surface area contributed by atoms with Crippen molar-refractivity contribution in [1.29, 1.82) is 0 Å². The lowest BCUT2D eigenvalue weighted by Gasteiger charge is -2.14. The first kappa shape index (κ1) is 13.1. The number of aromatic nitrogens is 3. The van der Waals surface area contributed by atoms with Crippen LogP contribution in [-0.4, -0.2) is 33.3 Å². The van der Waals surface area contributed by atoms with Crippen LogP contribution < -0.4 is 0 Å². The van der Waals surface area contributed by atoms with Gasteiger partial charge in [-0.1, -0.05) is 12.1 Å². The largest absolute Gasteiger partial charge is 0.387 e. The lowest BCUT2D eigenvalue weighted by molar-refractivity contribution is 0.0824. The molecule has 1 rings (SSSR count). The lowest BCUT2D eigenvalue weighted by atomic mass is 10.1. The van der Waals surface area contributed by atoms with E-state index in [0.29, 0.717) is 6.42 Å². The first-order valence-corrected chi connectivity index (χ1v) is 5.78. The van der Waals surface area contributed by atoms with Gasteiger partial charge in [-0.3, -0.25) is 0 Å². The van der Waals surface area contributed by atoms with Gasteiger partial charge in [0.25, 0.3) is 0 Å². The molecule has 0 radical (unpaired) electrons. The van der Waals surface area contributed by atoms with Crippen LogP contribution in [0.3, 0.4) is 0 Å². The number of ether oxygens (including phenoxy) is 1. The van der Waals surface area contributed by atoms with Gasteiger partial charge in [-0.15, -0.1) is 5.10 Å². The summed E-state index contributed by atoms with van der Waals surface area (Å²) in [4.78, 5) is 0. The second-order valence-corrected chi connectivity index (χ2v) is 4.02. The van der Waals surface area contributed by atoms with E-state index in [2.05, 4.69) is 17.2 Å². The van der Waals surface area contributed by atoms with Gasteiger partial charge in [0.2, 0.25) is 0 Å². The molecule has 0 aromatic carbocycles. The Morgan fingerprint density at radius 2 is 2.25 bits per heavy atom. The van der Waals surface area contributed by atoms with Crippen molar-refractivity contribution in [2.45, 2.75) is 51.9 Å². The molecule has 0 saturated heterocycles. The van der Waals surface area contributed by atoms with Crippen LogP contribution in [0.2, 0.25) is 0 Å². The average Bonchev–Trinajstić information content (AvgIpc) is 2.74. The van der Waals surface area contributed by atoms with Crippen LogP contribution >= 0.6 is 0 Å². The number of methoxy groups -OCH3 is 1. The monoisotopic (exact) mass is 227 g/mol. The van der Waals surface area contributed by atoms with Crippen LogP contribution in [0.25, 0.3) is 0 Å². The summed E-state index contributed by atoms with van der Waals surface area (Å²) in [5.41, 5.74) is 0.796.